The molecule has 4 aromatic rings. The van der Waals surface area contributed by atoms with Crippen LogP contribution < -0.4 is 0 Å². The van der Waals surface area contributed by atoms with Crippen molar-refractivity contribution >= 4 is 23.4 Å². The molecule has 0 amide bonds. The Bertz CT molecular complexity index is 1160. The molecular weight excluding hydrogens is 412 g/mol. The SMILES string of the molecule is Cc1ccc(C[C@H](C#N)Sc2nnc(-c3ccccc3)n2-c2ccc(Cl)cc2)cc1. The van der Waals surface area contributed by atoms with E-state index in [1.807, 2.05) is 59.2 Å². The second-order valence-electron chi connectivity index (χ2n) is 6.91. The van der Waals surface area contributed by atoms with Gasteiger partial charge in [0.05, 0.1) is 6.07 Å². The van der Waals surface area contributed by atoms with Crippen LogP contribution in [0.25, 0.3) is 17.1 Å². The van der Waals surface area contributed by atoms with Gasteiger partial charge in [-0.25, -0.2) is 0 Å². The minimum Gasteiger partial charge on any atom is -0.270 e. The molecule has 30 heavy (non-hydrogen) atoms. The molecule has 0 aliphatic carbocycles. The Balaban J connectivity index is 1.70. The van der Waals surface area contributed by atoms with E-state index in [1.165, 1.54) is 17.3 Å². The van der Waals surface area contributed by atoms with Gasteiger partial charge in [0.25, 0.3) is 0 Å². The van der Waals surface area contributed by atoms with Gasteiger partial charge in [0.1, 0.15) is 5.25 Å². The number of hydrogen-bond acceptors (Lipinski definition) is 4. The summed E-state index contributed by atoms with van der Waals surface area (Å²) < 4.78 is 1.98. The largest absolute Gasteiger partial charge is 0.270 e. The third-order valence-electron chi connectivity index (χ3n) is 4.68. The summed E-state index contributed by atoms with van der Waals surface area (Å²) in [6.45, 7) is 2.06. The van der Waals surface area contributed by atoms with Crippen molar-refractivity contribution in [1.29, 1.82) is 5.26 Å². The fourth-order valence-electron chi connectivity index (χ4n) is 3.12. The van der Waals surface area contributed by atoms with Crippen molar-refractivity contribution in [2.45, 2.75) is 23.8 Å². The highest BCUT2D eigenvalue weighted by Gasteiger charge is 2.20. The van der Waals surface area contributed by atoms with Crippen molar-refractivity contribution in [1.82, 2.24) is 14.8 Å². The van der Waals surface area contributed by atoms with Crippen molar-refractivity contribution < 1.29 is 0 Å². The molecule has 1 aromatic heterocycles. The summed E-state index contributed by atoms with van der Waals surface area (Å²) in [6, 6.07) is 28.1. The molecule has 0 fully saturated rings. The lowest BCUT2D eigenvalue weighted by Crippen LogP contribution is -2.07. The van der Waals surface area contributed by atoms with Gasteiger partial charge in [0.15, 0.2) is 11.0 Å². The number of halogens is 1. The molecule has 0 radical (unpaired) electrons. The summed E-state index contributed by atoms with van der Waals surface area (Å²) in [5.74, 6) is 0.729. The topological polar surface area (TPSA) is 54.5 Å². The first-order valence-corrected chi connectivity index (χ1v) is 10.8. The lowest BCUT2D eigenvalue weighted by Gasteiger charge is -2.13. The molecule has 4 nitrogen and oxygen atoms in total. The lowest BCUT2D eigenvalue weighted by molar-refractivity contribution is 0.877. The molecule has 0 unspecified atom stereocenters. The van der Waals surface area contributed by atoms with Crippen LogP contribution in [0, 0.1) is 18.3 Å². The average Bonchev–Trinajstić information content (AvgIpc) is 3.19. The van der Waals surface area contributed by atoms with Crippen LogP contribution in [0.15, 0.2) is 84.0 Å². The van der Waals surface area contributed by atoms with E-state index in [-0.39, 0.29) is 5.25 Å². The van der Waals surface area contributed by atoms with Crippen molar-refractivity contribution in [3.8, 4) is 23.1 Å². The first-order chi connectivity index (χ1) is 14.6. The molecule has 0 saturated carbocycles. The highest BCUT2D eigenvalue weighted by Crippen LogP contribution is 2.31. The normalized spacial score (nSPS) is 11.8. The summed E-state index contributed by atoms with van der Waals surface area (Å²) in [5.41, 5.74) is 4.19. The zero-order chi connectivity index (χ0) is 20.9. The summed E-state index contributed by atoms with van der Waals surface area (Å²) in [7, 11) is 0. The maximum Gasteiger partial charge on any atom is 0.197 e. The average molecular weight is 431 g/mol. The van der Waals surface area contributed by atoms with Crippen molar-refractivity contribution in [3.05, 3.63) is 95.0 Å². The monoisotopic (exact) mass is 430 g/mol. The molecular formula is C24H19ClN4S. The number of aromatic nitrogens is 3. The smallest absolute Gasteiger partial charge is 0.197 e. The van der Waals surface area contributed by atoms with Crippen LogP contribution in [0.3, 0.4) is 0 Å². The van der Waals surface area contributed by atoms with Gasteiger partial charge in [-0.15, -0.1) is 10.2 Å². The Labute approximate surface area is 185 Å². The first-order valence-electron chi connectivity index (χ1n) is 9.52. The lowest BCUT2D eigenvalue weighted by atomic mass is 10.1. The maximum atomic E-state index is 9.78. The van der Waals surface area contributed by atoms with Gasteiger partial charge in [-0.1, -0.05) is 83.5 Å². The molecule has 0 saturated heterocycles. The number of hydrogen-bond donors (Lipinski definition) is 0. The van der Waals surface area contributed by atoms with Gasteiger partial charge in [0.2, 0.25) is 0 Å². The van der Waals surface area contributed by atoms with E-state index in [9.17, 15) is 5.26 Å². The van der Waals surface area contributed by atoms with Gasteiger partial charge >= 0.3 is 0 Å². The summed E-state index contributed by atoms with van der Waals surface area (Å²) in [5, 5.41) is 19.7. The van der Waals surface area contributed by atoms with E-state index in [4.69, 9.17) is 11.6 Å². The van der Waals surface area contributed by atoms with Gasteiger partial charge in [-0.2, -0.15) is 5.26 Å². The van der Waals surface area contributed by atoms with Gasteiger partial charge in [-0.05, 0) is 43.2 Å². The van der Waals surface area contributed by atoms with E-state index in [2.05, 4.69) is 47.5 Å². The Kier molecular flexibility index (Phi) is 6.18. The fourth-order valence-corrected chi connectivity index (χ4v) is 4.22. The van der Waals surface area contributed by atoms with Crippen molar-refractivity contribution in [2.75, 3.05) is 0 Å². The Hall–Kier alpha value is -3.07. The second-order valence-corrected chi connectivity index (χ2v) is 8.52. The number of rotatable bonds is 6. The molecule has 1 atom stereocenters. The van der Waals surface area contributed by atoms with Crippen LogP contribution in [-0.2, 0) is 6.42 Å². The third kappa shape index (κ3) is 4.56. The zero-order valence-electron chi connectivity index (χ0n) is 16.4. The Morgan fingerprint density at radius 3 is 2.33 bits per heavy atom. The molecule has 0 aliphatic rings. The quantitative estimate of drug-likeness (QED) is 0.345. The van der Waals surface area contributed by atoms with Crippen LogP contribution in [0.1, 0.15) is 11.1 Å². The molecule has 0 spiro atoms. The highest BCUT2D eigenvalue weighted by atomic mass is 35.5. The van der Waals surface area contributed by atoms with E-state index in [0.717, 1.165) is 22.6 Å². The molecule has 0 bridgehead atoms. The number of thioether (sulfide) groups is 1. The van der Waals surface area contributed by atoms with Crippen LogP contribution >= 0.6 is 23.4 Å². The predicted octanol–water partition coefficient (Wildman–Crippen LogP) is 6.12. The van der Waals surface area contributed by atoms with Crippen LogP contribution in [0.2, 0.25) is 5.02 Å². The molecule has 4 rings (SSSR count). The summed E-state index contributed by atoms with van der Waals surface area (Å²) in [6.07, 6.45) is 0.635. The molecule has 0 N–H and O–H groups in total. The van der Waals surface area contributed by atoms with E-state index < -0.39 is 0 Å². The van der Waals surface area contributed by atoms with Crippen molar-refractivity contribution in [2.24, 2.45) is 0 Å². The predicted molar refractivity (Wildman–Crippen MR) is 122 cm³/mol. The molecule has 3 aromatic carbocycles. The Morgan fingerprint density at radius 2 is 1.67 bits per heavy atom. The van der Waals surface area contributed by atoms with E-state index in [0.29, 0.717) is 16.6 Å². The van der Waals surface area contributed by atoms with Crippen molar-refractivity contribution in [3.63, 3.8) is 0 Å². The molecule has 0 aliphatic heterocycles. The van der Waals surface area contributed by atoms with E-state index >= 15 is 0 Å². The van der Waals surface area contributed by atoms with Gasteiger partial charge in [0, 0.05) is 16.3 Å². The standard InChI is InChI=1S/C24H19ClN4S/c1-17-7-9-18(10-8-17)15-22(16-26)30-24-28-27-23(19-5-3-2-4-6-19)29(24)21-13-11-20(25)12-14-21/h2-14,22H,15H2,1H3/t22-/m1/s1. The third-order valence-corrected chi connectivity index (χ3v) is 5.97. The van der Waals surface area contributed by atoms with E-state index in [1.54, 1.807) is 0 Å². The second kappa shape index (κ2) is 9.17. The highest BCUT2D eigenvalue weighted by molar-refractivity contribution is 8.00. The minimum absolute atomic E-state index is 0.286. The minimum atomic E-state index is -0.286. The Morgan fingerprint density at radius 1 is 0.967 bits per heavy atom. The molecule has 1 heterocycles. The van der Waals surface area contributed by atoms with Crippen LogP contribution in [0.4, 0.5) is 0 Å². The van der Waals surface area contributed by atoms with Crippen LogP contribution in [0.5, 0.6) is 0 Å². The zero-order valence-corrected chi connectivity index (χ0v) is 17.9. The van der Waals surface area contributed by atoms with Gasteiger partial charge in [-0.3, -0.25) is 4.57 Å². The first kappa shape index (κ1) is 20.2. The molecule has 6 heteroatoms. The molecule has 148 valence electrons. The summed E-state index contributed by atoms with van der Waals surface area (Å²) in [4.78, 5) is 0. The fraction of sp³-hybridized carbons (Fsp3) is 0.125. The number of nitriles is 1. The van der Waals surface area contributed by atoms with Gasteiger partial charge < -0.3 is 0 Å². The maximum absolute atomic E-state index is 9.78. The summed E-state index contributed by atoms with van der Waals surface area (Å²) >= 11 is 7.51. The number of benzene rings is 3. The number of aryl methyl sites for hydroxylation is 1. The number of nitrogens with zero attached hydrogens (tertiary/aromatic N) is 4. The van der Waals surface area contributed by atoms with Crippen LogP contribution in [-0.4, -0.2) is 20.0 Å².